The zero-order valence-electron chi connectivity index (χ0n) is 13.2. The lowest BCUT2D eigenvalue weighted by molar-refractivity contribution is -0.119. The molecule has 0 spiro atoms. The Hall–Kier alpha value is -1.37. The van der Waals surface area contributed by atoms with E-state index in [1.54, 1.807) is 6.92 Å². The first kappa shape index (κ1) is 19.7. The van der Waals surface area contributed by atoms with Crippen molar-refractivity contribution in [3.05, 3.63) is 33.6 Å². The molecule has 0 radical (unpaired) electrons. The summed E-state index contributed by atoms with van der Waals surface area (Å²) in [5.41, 5.74) is 0.477. The fourth-order valence-electron chi connectivity index (χ4n) is 1.76. The highest BCUT2D eigenvalue weighted by atomic mass is 35.5. The van der Waals surface area contributed by atoms with Gasteiger partial charge in [-0.15, -0.1) is 0 Å². The SMILES string of the molecule is CC[C@H](C)NC(=O)NC(=O)CN[C@H](C)c1cc(F)c(Cl)cc1Cl. The van der Waals surface area contributed by atoms with Crippen molar-refractivity contribution in [1.29, 1.82) is 0 Å². The van der Waals surface area contributed by atoms with E-state index in [2.05, 4.69) is 16.0 Å². The molecule has 3 amide bonds. The predicted octanol–water partition coefficient (Wildman–Crippen LogP) is 3.41. The van der Waals surface area contributed by atoms with Crippen LogP contribution in [0.15, 0.2) is 12.1 Å². The second kappa shape index (κ2) is 9.05. The van der Waals surface area contributed by atoms with E-state index >= 15 is 0 Å². The maximum Gasteiger partial charge on any atom is 0.321 e. The third-order valence-electron chi connectivity index (χ3n) is 3.32. The van der Waals surface area contributed by atoms with Crippen LogP contribution in [-0.2, 0) is 4.79 Å². The van der Waals surface area contributed by atoms with E-state index in [4.69, 9.17) is 23.2 Å². The minimum atomic E-state index is -0.586. The molecular formula is C15H20Cl2FN3O2. The number of amides is 3. The van der Waals surface area contributed by atoms with Crippen LogP contribution in [0.25, 0.3) is 0 Å². The molecule has 128 valence electrons. The molecule has 5 nitrogen and oxygen atoms in total. The van der Waals surface area contributed by atoms with Crippen LogP contribution in [0.3, 0.4) is 0 Å². The summed E-state index contributed by atoms with van der Waals surface area (Å²) in [5.74, 6) is -1.08. The van der Waals surface area contributed by atoms with Gasteiger partial charge in [-0.3, -0.25) is 10.1 Å². The van der Waals surface area contributed by atoms with Gasteiger partial charge in [0.2, 0.25) is 5.91 Å². The second-order valence-corrected chi connectivity index (χ2v) is 6.04. The zero-order chi connectivity index (χ0) is 17.6. The monoisotopic (exact) mass is 363 g/mol. The first-order valence-corrected chi connectivity index (χ1v) is 7.98. The lowest BCUT2D eigenvalue weighted by Gasteiger charge is -2.16. The summed E-state index contributed by atoms with van der Waals surface area (Å²) >= 11 is 11.7. The molecule has 0 aliphatic rings. The maximum atomic E-state index is 13.5. The average molecular weight is 364 g/mol. The number of halogens is 3. The van der Waals surface area contributed by atoms with E-state index in [1.807, 2.05) is 13.8 Å². The van der Waals surface area contributed by atoms with Crippen molar-refractivity contribution < 1.29 is 14.0 Å². The molecule has 3 N–H and O–H groups in total. The van der Waals surface area contributed by atoms with Crippen molar-refractivity contribution in [3.63, 3.8) is 0 Å². The number of rotatable bonds is 6. The number of carbonyl (C=O) groups is 2. The number of imide groups is 1. The number of hydrogen-bond acceptors (Lipinski definition) is 3. The van der Waals surface area contributed by atoms with Crippen LogP contribution < -0.4 is 16.0 Å². The van der Waals surface area contributed by atoms with Gasteiger partial charge in [-0.2, -0.15) is 0 Å². The van der Waals surface area contributed by atoms with E-state index < -0.39 is 23.8 Å². The van der Waals surface area contributed by atoms with Crippen LogP contribution in [0, 0.1) is 5.82 Å². The van der Waals surface area contributed by atoms with Crippen molar-refractivity contribution in [2.75, 3.05) is 6.54 Å². The number of carbonyl (C=O) groups excluding carboxylic acids is 2. The molecule has 1 aromatic carbocycles. The molecule has 0 aliphatic heterocycles. The third kappa shape index (κ3) is 6.33. The van der Waals surface area contributed by atoms with E-state index in [1.165, 1.54) is 12.1 Å². The van der Waals surface area contributed by atoms with E-state index in [-0.39, 0.29) is 17.6 Å². The summed E-state index contributed by atoms with van der Waals surface area (Å²) in [6, 6.07) is 1.57. The van der Waals surface area contributed by atoms with Crippen LogP contribution in [0.5, 0.6) is 0 Å². The first-order chi connectivity index (χ1) is 10.7. The van der Waals surface area contributed by atoms with Gasteiger partial charge in [-0.1, -0.05) is 30.1 Å². The highest BCUT2D eigenvalue weighted by Gasteiger charge is 2.15. The minimum absolute atomic E-state index is 0.0227. The summed E-state index contributed by atoms with van der Waals surface area (Å²) in [4.78, 5) is 23.2. The Balaban J connectivity index is 2.53. The van der Waals surface area contributed by atoms with Crippen LogP contribution in [0.2, 0.25) is 10.0 Å². The quantitative estimate of drug-likeness (QED) is 0.678. The second-order valence-electron chi connectivity index (χ2n) is 5.22. The van der Waals surface area contributed by atoms with Crippen molar-refractivity contribution >= 4 is 35.1 Å². The van der Waals surface area contributed by atoms with Gasteiger partial charge in [0.15, 0.2) is 0 Å². The molecule has 0 saturated carbocycles. The number of hydrogen-bond donors (Lipinski definition) is 3. The topological polar surface area (TPSA) is 70.2 Å². The van der Waals surface area contributed by atoms with Gasteiger partial charge in [0.05, 0.1) is 11.6 Å². The lowest BCUT2D eigenvalue weighted by Crippen LogP contribution is -2.46. The summed E-state index contributed by atoms with van der Waals surface area (Å²) in [5, 5.41) is 7.93. The summed E-state index contributed by atoms with van der Waals surface area (Å²) in [7, 11) is 0. The fraction of sp³-hybridized carbons (Fsp3) is 0.467. The molecule has 0 heterocycles. The Kier molecular flexibility index (Phi) is 7.75. The Bertz CT molecular complexity index is 584. The largest absolute Gasteiger partial charge is 0.335 e. The van der Waals surface area contributed by atoms with Gasteiger partial charge in [0.25, 0.3) is 0 Å². The summed E-state index contributed by atoms with van der Waals surface area (Å²) in [6.45, 7) is 5.36. The van der Waals surface area contributed by atoms with Gasteiger partial charge in [0, 0.05) is 17.1 Å². The van der Waals surface area contributed by atoms with Crippen LogP contribution in [0.4, 0.5) is 9.18 Å². The van der Waals surface area contributed by atoms with E-state index in [9.17, 15) is 14.0 Å². The van der Waals surface area contributed by atoms with Crippen molar-refractivity contribution in [2.45, 2.75) is 39.3 Å². The molecular weight excluding hydrogens is 344 g/mol. The average Bonchev–Trinajstić information content (AvgIpc) is 2.48. The number of nitrogens with one attached hydrogen (secondary N) is 3. The molecule has 0 unspecified atom stereocenters. The molecule has 0 saturated heterocycles. The molecule has 0 aromatic heterocycles. The summed E-state index contributed by atoms with van der Waals surface area (Å²) < 4.78 is 13.5. The van der Waals surface area contributed by atoms with Gasteiger partial charge in [-0.05, 0) is 38.0 Å². The number of benzene rings is 1. The van der Waals surface area contributed by atoms with Gasteiger partial charge >= 0.3 is 6.03 Å². The first-order valence-electron chi connectivity index (χ1n) is 7.22. The highest BCUT2D eigenvalue weighted by molar-refractivity contribution is 6.35. The Morgan fingerprint density at radius 1 is 1.22 bits per heavy atom. The van der Waals surface area contributed by atoms with Crippen LogP contribution >= 0.6 is 23.2 Å². The third-order valence-corrected chi connectivity index (χ3v) is 3.93. The molecule has 8 heteroatoms. The van der Waals surface area contributed by atoms with Crippen LogP contribution in [-0.4, -0.2) is 24.5 Å². The van der Waals surface area contributed by atoms with Crippen LogP contribution in [0.1, 0.15) is 38.8 Å². The molecule has 0 bridgehead atoms. The standard InChI is InChI=1S/C15H20Cl2FN3O2/c1-4-8(2)20-15(23)21-14(22)7-19-9(3)10-5-13(18)12(17)6-11(10)16/h5-6,8-9,19H,4,7H2,1-3H3,(H2,20,21,22,23)/t8-,9+/m0/s1. The lowest BCUT2D eigenvalue weighted by atomic mass is 10.1. The molecule has 23 heavy (non-hydrogen) atoms. The summed E-state index contributed by atoms with van der Waals surface area (Å²) in [6.07, 6.45) is 0.761. The molecule has 1 rings (SSSR count). The maximum absolute atomic E-state index is 13.5. The minimum Gasteiger partial charge on any atom is -0.335 e. The van der Waals surface area contributed by atoms with Gasteiger partial charge < -0.3 is 10.6 Å². The van der Waals surface area contributed by atoms with E-state index in [0.29, 0.717) is 10.6 Å². The highest BCUT2D eigenvalue weighted by Crippen LogP contribution is 2.28. The van der Waals surface area contributed by atoms with Crippen molar-refractivity contribution in [3.8, 4) is 0 Å². The Morgan fingerprint density at radius 3 is 2.48 bits per heavy atom. The van der Waals surface area contributed by atoms with Gasteiger partial charge in [-0.25, -0.2) is 9.18 Å². The fourth-order valence-corrected chi connectivity index (χ4v) is 2.31. The van der Waals surface area contributed by atoms with Gasteiger partial charge in [0.1, 0.15) is 5.82 Å². The zero-order valence-corrected chi connectivity index (χ0v) is 14.7. The number of urea groups is 1. The molecule has 1 aromatic rings. The predicted molar refractivity (Wildman–Crippen MR) is 89.3 cm³/mol. The molecule has 0 aliphatic carbocycles. The molecule has 2 atom stereocenters. The Labute approximate surface area is 144 Å². The van der Waals surface area contributed by atoms with Crippen molar-refractivity contribution in [1.82, 2.24) is 16.0 Å². The van der Waals surface area contributed by atoms with E-state index in [0.717, 1.165) is 6.42 Å². The smallest absolute Gasteiger partial charge is 0.321 e. The normalized spacial score (nSPS) is 13.3. The molecule has 0 fully saturated rings. The van der Waals surface area contributed by atoms with Crippen molar-refractivity contribution in [2.24, 2.45) is 0 Å². The Morgan fingerprint density at radius 2 is 1.87 bits per heavy atom.